The Morgan fingerprint density at radius 3 is 2.53 bits per heavy atom. The topological polar surface area (TPSA) is 29.1 Å². The molecule has 0 spiro atoms. The molecule has 1 N–H and O–H groups in total. The lowest BCUT2D eigenvalue weighted by atomic mass is 9.67. The van der Waals surface area contributed by atoms with Crippen molar-refractivity contribution in [2.24, 2.45) is 17.8 Å². The second-order valence-corrected chi connectivity index (χ2v) is 7.12. The Morgan fingerprint density at radius 1 is 1.21 bits per heavy atom. The lowest BCUT2D eigenvalue weighted by Gasteiger charge is -2.40. The summed E-state index contributed by atoms with van der Waals surface area (Å²) in [5.41, 5.74) is -0.234. The maximum atomic E-state index is 12.4. The first-order valence-corrected chi connectivity index (χ1v) is 8.49. The van der Waals surface area contributed by atoms with Crippen LogP contribution < -0.4 is 5.32 Å². The van der Waals surface area contributed by atoms with Crippen LogP contribution in [0, 0.1) is 17.8 Å². The summed E-state index contributed by atoms with van der Waals surface area (Å²) < 4.78 is 0. The van der Waals surface area contributed by atoms with Crippen LogP contribution in [0.25, 0.3) is 0 Å². The van der Waals surface area contributed by atoms with Gasteiger partial charge in [-0.1, -0.05) is 32.6 Å². The number of amides is 1. The van der Waals surface area contributed by atoms with Gasteiger partial charge >= 0.3 is 0 Å². The average molecular weight is 286 g/mol. The third-order valence-electron chi connectivity index (χ3n) is 5.41. The Balaban J connectivity index is 1.90. The molecule has 0 radical (unpaired) electrons. The molecule has 0 bridgehead atoms. The van der Waals surface area contributed by atoms with E-state index in [1.54, 1.807) is 0 Å². The summed E-state index contributed by atoms with van der Waals surface area (Å²) in [4.78, 5) is 12.4. The molecule has 2 rings (SSSR count). The Kier molecular flexibility index (Phi) is 5.16. The number of hydrogen-bond acceptors (Lipinski definition) is 1. The van der Waals surface area contributed by atoms with E-state index in [1.165, 1.54) is 32.1 Å². The van der Waals surface area contributed by atoms with Gasteiger partial charge in [-0.3, -0.25) is 4.79 Å². The predicted molar refractivity (Wildman–Crippen MR) is 80.3 cm³/mol. The zero-order valence-corrected chi connectivity index (χ0v) is 13.1. The van der Waals surface area contributed by atoms with Crippen molar-refractivity contribution in [1.29, 1.82) is 0 Å². The maximum absolute atomic E-state index is 12.4. The van der Waals surface area contributed by atoms with Gasteiger partial charge in [-0.25, -0.2) is 0 Å². The molecular formula is C16H28ClNO. The minimum Gasteiger partial charge on any atom is -0.350 e. The van der Waals surface area contributed by atoms with E-state index in [1.807, 2.05) is 6.92 Å². The lowest BCUT2D eigenvalue weighted by molar-refractivity contribution is -0.128. The predicted octanol–water partition coefficient (Wildman–Crippen LogP) is 4.12. The molecule has 2 saturated carbocycles. The SMILES string of the molecule is CCC(C)(CCl)NC(=O)C1CCC2CCCCC2C1. The van der Waals surface area contributed by atoms with Gasteiger partial charge < -0.3 is 5.32 Å². The van der Waals surface area contributed by atoms with Crippen LogP contribution in [-0.4, -0.2) is 17.3 Å². The first-order valence-electron chi connectivity index (χ1n) is 7.96. The molecule has 0 aromatic rings. The van der Waals surface area contributed by atoms with Crippen LogP contribution in [0.5, 0.6) is 0 Å². The van der Waals surface area contributed by atoms with Crippen LogP contribution in [-0.2, 0) is 4.79 Å². The summed E-state index contributed by atoms with van der Waals surface area (Å²) in [6.45, 7) is 4.13. The van der Waals surface area contributed by atoms with Gasteiger partial charge in [0.25, 0.3) is 0 Å². The Morgan fingerprint density at radius 2 is 1.89 bits per heavy atom. The molecule has 0 saturated heterocycles. The molecule has 2 nitrogen and oxygen atoms in total. The van der Waals surface area contributed by atoms with Gasteiger partial charge in [-0.05, 0) is 44.4 Å². The van der Waals surface area contributed by atoms with E-state index in [-0.39, 0.29) is 17.4 Å². The molecule has 19 heavy (non-hydrogen) atoms. The highest BCUT2D eigenvalue weighted by Gasteiger charge is 2.36. The number of nitrogens with one attached hydrogen (secondary N) is 1. The second kappa shape index (κ2) is 6.47. The van der Waals surface area contributed by atoms with E-state index in [2.05, 4.69) is 12.2 Å². The molecule has 2 fully saturated rings. The first-order chi connectivity index (χ1) is 9.08. The van der Waals surface area contributed by atoms with Gasteiger partial charge in [0.2, 0.25) is 5.91 Å². The van der Waals surface area contributed by atoms with E-state index in [0.29, 0.717) is 5.88 Å². The fourth-order valence-electron chi connectivity index (χ4n) is 3.73. The summed E-state index contributed by atoms with van der Waals surface area (Å²) in [5, 5.41) is 3.19. The Hall–Kier alpha value is -0.240. The highest BCUT2D eigenvalue weighted by molar-refractivity contribution is 6.18. The molecule has 4 unspecified atom stereocenters. The number of rotatable bonds is 4. The van der Waals surface area contributed by atoms with Crippen LogP contribution in [0.15, 0.2) is 0 Å². The number of halogens is 1. The van der Waals surface area contributed by atoms with Gasteiger partial charge in [0.1, 0.15) is 0 Å². The quantitative estimate of drug-likeness (QED) is 0.774. The van der Waals surface area contributed by atoms with Crippen molar-refractivity contribution < 1.29 is 4.79 Å². The number of hydrogen-bond donors (Lipinski definition) is 1. The highest BCUT2D eigenvalue weighted by atomic mass is 35.5. The van der Waals surface area contributed by atoms with Crippen LogP contribution in [0.4, 0.5) is 0 Å². The fraction of sp³-hybridized carbons (Fsp3) is 0.938. The normalized spacial score (nSPS) is 34.2. The van der Waals surface area contributed by atoms with Gasteiger partial charge in [0, 0.05) is 11.8 Å². The molecule has 0 aromatic heterocycles. The summed E-state index contributed by atoms with van der Waals surface area (Å²) in [5.74, 6) is 2.68. The molecule has 110 valence electrons. The summed E-state index contributed by atoms with van der Waals surface area (Å²) in [6.07, 6.45) is 9.84. The van der Waals surface area contributed by atoms with Gasteiger partial charge in [-0.15, -0.1) is 11.6 Å². The smallest absolute Gasteiger partial charge is 0.223 e. The molecule has 0 aliphatic heterocycles. The lowest BCUT2D eigenvalue weighted by Crippen LogP contribution is -2.50. The molecule has 0 aromatic carbocycles. The van der Waals surface area contributed by atoms with Crippen LogP contribution in [0.2, 0.25) is 0 Å². The van der Waals surface area contributed by atoms with E-state index in [4.69, 9.17) is 11.6 Å². The van der Waals surface area contributed by atoms with Gasteiger partial charge in [0.05, 0.1) is 5.54 Å². The van der Waals surface area contributed by atoms with E-state index in [0.717, 1.165) is 31.1 Å². The first kappa shape index (κ1) is 15.2. The van der Waals surface area contributed by atoms with Crippen molar-refractivity contribution in [2.45, 2.75) is 70.8 Å². The third kappa shape index (κ3) is 3.65. The summed E-state index contributed by atoms with van der Waals surface area (Å²) in [6, 6.07) is 0. The average Bonchev–Trinajstić information content (AvgIpc) is 2.46. The Labute approximate surface area is 122 Å². The summed E-state index contributed by atoms with van der Waals surface area (Å²) in [7, 11) is 0. The molecule has 4 atom stereocenters. The van der Waals surface area contributed by atoms with E-state index >= 15 is 0 Å². The van der Waals surface area contributed by atoms with Crippen molar-refractivity contribution in [2.75, 3.05) is 5.88 Å². The van der Waals surface area contributed by atoms with Crippen molar-refractivity contribution in [1.82, 2.24) is 5.32 Å². The van der Waals surface area contributed by atoms with Gasteiger partial charge in [-0.2, -0.15) is 0 Å². The zero-order chi connectivity index (χ0) is 13.9. The van der Waals surface area contributed by atoms with Crippen molar-refractivity contribution in [3.05, 3.63) is 0 Å². The van der Waals surface area contributed by atoms with Crippen molar-refractivity contribution in [3.63, 3.8) is 0 Å². The van der Waals surface area contributed by atoms with Crippen molar-refractivity contribution in [3.8, 4) is 0 Å². The molecule has 2 aliphatic rings. The van der Waals surface area contributed by atoms with Crippen LogP contribution in [0.1, 0.15) is 65.2 Å². The number of fused-ring (bicyclic) bond motifs is 1. The number of alkyl halides is 1. The minimum atomic E-state index is -0.234. The number of carbonyl (C=O) groups excluding carboxylic acids is 1. The van der Waals surface area contributed by atoms with E-state index < -0.39 is 0 Å². The molecule has 1 amide bonds. The molecule has 0 heterocycles. The Bertz CT molecular complexity index is 314. The zero-order valence-electron chi connectivity index (χ0n) is 12.4. The highest BCUT2D eigenvalue weighted by Crippen LogP contribution is 2.42. The molecular weight excluding hydrogens is 258 g/mol. The minimum absolute atomic E-state index is 0.230. The van der Waals surface area contributed by atoms with Crippen LogP contribution >= 0.6 is 11.6 Å². The standard InChI is InChI=1S/C16H28ClNO/c1-3-16(2,11-17)18-15(19)14-9-8-12-6-4-5-7-13(12)10-14/h12-14H,3-11H2,1-2H3,(H,18,19). The van der Waals surface area contributed by atoms with Crippen molar-refractivity contribution >= 4 is 17.5 Å². The summed E-state index contributed by atoms with van der Waals surface area (Å²) >= 11 is 5.99. The monoisotopic (exact) mass is 285 g/mol. The van der Waals surface area contributed by atoms with Gasteiger partial charge in [0.15, 0.2) is 0 Å². The maximum Gasteiger partial charge on any atom is 0.223 e. The van der Waals surface area contributed by atoms with Crippen LogP contribution in [0.3, 0.4) is 0 Å². The second-order valence-electron chi connectivity index (χ2n) is 6.85. The largest absolute Gasteiger partial charge is 0.350 e. The third-order valence-corrected chi connectivity index (χ3v) is 6.00. The molecule has 3 heteroatoms. The fourth-order valence-corrected chi connectivity index (χ4v) is 3.98. The van der Waals surface area contributed by atoms with E-state index in [9.17, 15) is 4.79 Å². The number of carbonyl (C=O) groups is 1. The molecule has 2 aliphatic carbocycles.